The van der Waals surface area contributed by atoms with Gasteiger partial charge in [0, 0.05) is 5.88 Å². The summed E-state index contributed by atoms with van der Waals surface area (Å²) in [6.07, 6.45) is 3.52. The van der Waals surface area contributed by atoms with Gasteiger partial charge < -0.3 is 0 Å². The highest BCUT2D eigenvalue weighted by Gasteiger charge is 2.04. The van der Waals surface area contributed by atoms with Gasteiger partial charge in [0.25, 0.3) is 0 Å². The maximum absolute atomic E-state index is 12.9. The molecule has 0 saturated carbocycles. The number of rotatable bonds is 8. The van der Waals surface area contributed by atoms with Gasteiger partial charge in [-0.2, -0.15) is 12.6 Å². The summed E-state index contributed by atoms with van der Waals surface area (Å²) in [5.41, 5.74) is -0.701. The first kappa shape index (κ1) is 12.9. The van der Waals surface area contributed by atoms with E-state index < -0.39 is 5.50 Å². The summed E-state index contributed by atoms with van der Waals surface area (Å²) in [6, 6.07) is 0. The average molecular weight is 231 g/mol. The first-order valence-electron chi connectivity index (χ1n) is 4.23. The predicted octanol–water partition coefficient (Wildman–Crippen LogP) is 3.74. The van der Waals surface area contributed by atoms with E-state index in [4.69, 9.17) is 11.6 Å². The first-order chi connectivity index (χ1) is 5.81. The molecule has 0 rings (SSSR count). The molecule has 0 aliphatic rings. The van der Waals surface area contributed by atoms with E-state index in [1.54, 1.807) is 0 Å². The average Bonchev–Trinajstić information content (AvgIpc) is 2.09. The topological polar surface area (TPSA) is 0 Å². The van der Waals surface area contributed by atoms with Crippen molar-refractivity contribution in [2.24, 2.45) is 0 Å². The van der Waals surface area contributed by atoms with Crippen LogP contribution in [0.2, 0.25) is 0 Å². The molecule has 0 radical (unpaired) electrons. The van der Waals surface area contributed by atoms with Gasteiger partial charge in [0.15, 0.2) is 0 Å². The molecule has 0 nitrogen and oxygen atoms in total. The smallest absolute Gasteiger partial charge is 0.146 e. The van der Waals surface area contributed by atoms with Crippen LogP contribution in [0.25, 0.3) is 0 Å². The zero-order valence-electron chi connectivity index (χ0n) is 7.14. The molecule has 0 amide bonds. The number of unbranched alkanes of at least 4 members (excludes halogenated alkanes) is 1. The van der Waals surface area contributed by atoms with Crippen molar-refractivity contribution in [3.05, 3.63) is 0 Å². The molecule has 1 unspecified atom stereocenters. The Morgan fingerprint density at radius 2 is 2.08 bits per heavy atom. The van der Waals surface area contributed by atoms with Crippen LogP contribution in [0.5, 0.6) is 0 Å². The molecule has 0 aromatic rings. The summed E-state index contributed by atoms with van der Waals surface area (Å²) in [6.45, 7) is 0. The zero-order chi connectivity index (χ0) is 9.23. The third kappa shape index (κ3) is 9.01. The highest BCUT2D eigenvalue weighted by molar-refractivity contribution is 7.99. The Morgan fingerprint density at radius 3 is 2.67 bits per heavy atom. The summed E-state index contributed by atoms with van der Waals surface area (Å²) in [7, 11) is 0. The van der Waals surface area contributed by atoms with E-state index in [0.29, 0.717) is 12.3 Å². The summed E-state index contributed by atoms with van der Waals surface area (Å²) >= 11 is 10.9. The van der Waals surface area contributed by atoms with E-state index in [0.717, 1.165) is 30.8 Å². The van der Waals surface area contributed by atoms with Crippen molar-refractivity contribution in [2.75, 3.05) is 17.4 Å². The van der Waals surface area contributed by atoms with Crippen molar-refractivity contribution >= 4 is 36.0 Å². The van der Waals surface area contributed by atoms with Crippen LogP contribution < -0.4 is 0 Å². The third-order valence-electron chi connectivity index (χ3n) is 1.42. The van der Waals surface area contributed by atoms with Gasteiger partial charge >= 0.3 is 0 Å². The van der Waals surface area contributed by atoms with Gasteiger partial charge in [0.1, 0.15) is 5.50 Å². The Balaban J connectivity index is 3.02. The van der Waals surface area contributed by atoms with E-state index in [1.807, 2.05) is 0 Å². The molecule has 0 spiro atoms. The number of thioether (sulfide) groups is 1. The molecule has 0 saturated heterocycles. The van der Waals surface area contributed by atoms with Crippen LogP contribution in [0.15, 0.2) is 0 Å². The zero-order valence-corrected chi connectivity index (χ0v) is 9.61. The molecule has 1 atom stereocenters. The standard InChI is InChI=1S/C8H16ClFS2/c9-5-1-2-7-12-8(10)4-3-6-11/h8,11H,1-7H2. The highest BCUT2D eigenvalue weighted by Crippen LogP contribution is 2.19. The van der Waals surface area contributed by atoms with Crippen molar-refractivity contribution in [3.63, 3.8) is 0 Å². The fourth-order valence-corrected chi connectivity index (χ4v) is 2.07. The second kappa shape index (κ2) is 10.0. The molecule has 0 aromatic carbocycles. The lowest BCUT2D eigenvalue weighted by molar-refractivity contribution is 0.427. The van der Waals surface area contributed by atoms with Crippen LogP contribution >= 0.6 is 36.0 Å². The Kier molecular flexibility index (Phi) is 10.8. The number of hydrogen-bond acceptors (Lipinski definition) is 2. The van der Waals surface area contributed by atoms with Crippen LogP contribution in [0.4, 0.5) is 4.39 Å². The molecule has 0 aliphatic heterocycles. The monoisotopic (exact) mass is 230 g/mol. The minimum atomic E-state index is -0.701. The van der Waals surface area contributed by atoms with Crippen LogP contribution in [-0.4, -0.2) is 22.9 Å². The molecular formula is C8H16ClFS2. The Hall–Kier alpha value is 0.920. The second-order valence-corrected chi connectivity index (χ2v) is 4.62. The van der Waals surface area contributed by atoms with Crippen LogP contribution in [-0.2, 0) is 0 Å². The van der Waals surface area contributed by atoms with Gasteiger partial charge in [-0.05, 0) is 37.2 Å². The highest BCUT2D eigenvalue weighted by atomic mass is 35.5. The summed E-state index contributed by atoms with van der Waals surface area (Å²) in [5.74, 6) is 2.36. The summed E-state index contributed by atoms with van der Waals surface area (Å²) in [4.78, 5) is 0. The lowest BCUT2D eigenvalue weighted by Gasteiger charge is -2.05. The minimum absolute atomic E-state index is 0.634. The van der Waals surface area contributed by atoms with Crippen molar-refractivity contribution in [1.29, 1.82) is 0 Å². The SMILES string of the molecule is FC(CCCS)SCCCCCl. The lowest BCUT2D eigenvalue weighted by Crippen LogP contribution is -1.96. The summed E-state index contributed by atoms with van der Waals surface area (Å²) < 4.78 is 12.9. The number of halogens is 2. The molecule has 0 N–H and O–H groups in total. The molecule has 0 heterocycles. The maximum Gasteiger partial charge on any atom is 0.146 e. The fourth-order valence-electron chi connectivity index (χ4n) is 0.743. The lowest BCUT2D eigenvalue weighted by atomic mass is 10.4. The van der Waals surface area contributed by atoms with Gasteiger partial charge in [-0.1, -0.05) is 0 Å². The Morgan fingerprint density at radius 1 is 1.33 bits per heavy atom. The fraction of sp³-hybridized carbons (Fsp3) is 1.00. The van der Waals surface area contributed by atoms with Crippen molar-refractivity contribution < 1.29 is 4.39 Å². The number of thiol groups is 1. The molecular weight excluding hydrogens is 215 g/mol. The number of alkyl halides is 2. The van der Waals surface area contributed by atoms with Crippen molar-refractivity contribution in [1.82, 2.24) is 0 Å². The third-order valence-corrected chi connectivity index (χ3v) is 3.12. The Bertz CT molecular complexity index is 93.1. The maximum atomic E-state index is 12.9. The van der Waals surface area contributed by atoms with Crippen LogP contribution in [0.3, 0.4) is 0 Å². The van der Waals surface area contributed by atoms with Gasteiger partial charge in [0.05, 0.1) is 0 Å². The van der Waals surface area contributed by atoms with Crippen LogP contribution in [0.1, 0.15) is 25.7 Å². The van der Waals surface area contributed by atoms with Gasteiger partial charge in [-0.25, -0.2) is 4.39 Å². The molecule has 4 heteroatoms. The normalized spacial score (nSPS) is 13.2. The predicted molar refractivity (Wildman–Crippen MR) is 60.4 cm³/mol. The number of hydrogen-bond donors (Lipinski definition) is 1. The van der Waals surface area contributed by atoms with Crippen LogP contribution in [0, 0.1) is 0 Å². The minimum Gasteiger partial charge on any atom is -0.236 e. The molecule has 0 aliphatic carbocycles. The van der Waals surface area contributed by atoms with E-state index in [2.05, 4.69) is 12.6 Å². The van der Waals surface area contributed by atoms with Crippen molar-refractivity contribution in [2.45, 2.75) is 31.2 Å². The summed E-state index contributed by atoms with van der Waals surface area (Å²) in [5, 5.41) is 0. The van der Waals surface area contributed by atoms with E-state index in [-0.39, 0.29) is 0 Å². The largest absolute Gasteiger partial charge is 0.236 e. The molecule has 12 heavy (non-hydrogen) atoms. The van der Waals surface area contributed by atoms with Gasteiger partial charge in [0.2, 0.25) is 0 Å². The first-order valence-corrected chi connectivity index (χ1v) is 6.45. The van der Waals surface area contributed by atoms with Gasteiger partial charge in [-0.3, -0.25) is 0 Å². The molecule has 0 bridgehead atoms. The van der Waals surface area contributed by atoms with Gasteiger partial charge in [-0.15, -0.1) is 23.4 Å². The molecule has 0 aromatic heterocycles. The van der Waals surface area contributed by atoms with E-state index in [1.165, 1.54) is 11.8 Å². The Labute approximate surface area is 89.0 Å². The molecule has 0 fully saturated rings. The molecule has 74 valence electrons. The van der Waals surface area contributed by atoms with E-state index >= 15 is 0 Å². The second-order valence-electron chi connectivity index (χ2n) is 2.54. The van der Waals surface area contributed by atoms with E-state index in [9.17, 15) is 4.39 Å². The quantitative estimate of drug-likeness (QED) is 0.377. The van der Waals surface area contributed by atoms with Crippen molar-refractivity contribution in [3.8, 4) is 0 Å².